The highest BCUT2D eigenvalue weighted by molar-refractivity contribution is 6.28. The van der Waals surface area contributed by atoms with Crippen molar-refractivity contribution in [2.75, 3.05) is 5.73 Å². The number of nitrogens with two attached hydrogens (primary N) is 1. The zero-order valence-corrected chi connectivity index (χ0v) is 9.07. The highest BCUT2D eigenvalue weighted by Gasteiger charge is 1.98. The lowest BCUT2D eigenvalue weighted by Gasteiger charge is -1.95. The fraction of sp³-hybridized carbons (Fsp3) is 0. The van der Waals surface area contributed by atoms with Crippen molar-refractivity contribution in [2.24, 2.45) is 0 Å². The van der Waals surface area contributed by atoms with Crippen LogP contribution in [0.2, 0.25) is 5.28 Å². The summed E-state index contributed by atoms with van der Waals surface area (Å²) in [5.74, 6) is 5.81. The number of aromatic nitrogens is 2. The molecular weight excluding hydrogens is 222 g/mol. The minimum absolute atomic E-state index is 0.145. The van der Waals surface area contributed by atoms with Crippen molar-refractivity contribution >= 4 is 17.3 Å². The Labute approximate surface area is 98.3 Å². The summed E-state index contributed by atoms with van der Waals surface area (Å²) in [6, 6.07) is 9.58. The molecule has 0 radical (unpaired) electrons. The molecule has 0 atom stereocenters. The first-order valence-electron chi connectivity index (χ1n) is 4.61. The minimum atomic E-state index is 0.145. The van der Waals surface area contributed by atoms with E-state index in [1.54, 1.807) is 0 Å². The van der Waals surface area contributed by atoms with Crippen LogP contribution in [0.5, 0.6) is 0 Å². The fourth-order valence-corrected chi connectivity index (χ4v) is 1.26. The van der Waals surface area contributed by atoms with Gasteiger partial charge in [-0.3, -0.25) is 0 Å². The Hall–Kier alpha value is -2.05. The zero-order chi connectivity index (χ0) is 11.4. The maximum atomic E-state index is 5.67. The lowest BCUT2D eigenvalue weighted by Crippen LogP contribution is -1.95. The summed E-state index contributed by atoms with van der Waals surface area (Å²) in [5.41, 5.74) is 7.44. The third-order valence-corrected chi connectivity index (χ3v) is 2.07. The van der Waals surface area contributed by atoms with Crippen molar-refractivity contribution in [1.82, 2.24) is 9.97 Å². The number of halogens is 1. The summed E-state index contributed by atoms with van der Waals surface area (Å²) >= 11 is 5.65. The number of nitrogens with zero attached hydrogens (tertiary/aromatic N) is 2. The van der Waals surface area contributed by atoms with E-state index in [9.17, 15) is 0 Å². The maximum Gasteiger partial charge on any atom is 0.223 e. The van der Waals surface area contributed by atoms with Crippen LogP contribution in [-0.2, 0) is 0 Å². The van der Waals surface area contributed by atoms with Gasteiger partial charge in [0, 0.05) is 5.56 Å². The van der Waals surface area contributed by atoms with Crippen molar-refractivity contribution in [2.45, 2.75) is 0 Å². The molecule has 4 heteroatoms. The van der Waals surface area contributed by atoms with E-state index in [-0.39, 0.29) is 5.28 Å². The monoisotopic (exact) mass is 229 g/mol. The highest BCUT2D eigenvalue weighted by Crippen LogP contribution is 2.08. The van der Waals surface area contributed by atoms with E-state index < -0.39 is 0 Å². The molecule has 2 rings (SSSR count). The van der Waals surface area contributed by atoms with Crippen molar-refractivity contribution in [3.63, 3.8) is 0 Å². The van der Waals surface area contributed by atoms with Crippen LogP contribution in [0, 0.1) is 11.8 Å². The Morgan fingerprint density at radius 1 is 1.12 bits per heavy atom. The van der Waals surface area contributed by atoms with Gasteiger partial charge in [0.05, 0.1) is 11.9 Å². The van der Waals surface area contributed by atoms with Gasteiger partial charge in [0.25, 0.3) is 0 Å². The maximum absolute atomic E-state index is 5.67. The van der Waals surface area contributed by atoms with E-state index in [1.807, 2.05) is 30.3 Å². The number of rotatable bonds is 0. The predicted octanol–water partition coefficient (Wildman–Crippen LogP) is 2.11. The molecule has 0 saturated heterocycles. The first-order chi connectivity index (χ1) is 7.75. The Bertz CT molecular complexity index is 555. The van der Waals surface area contributed by atoms with Gasteiger partial charge in [-0.15, -0.1) is 0 Å². The number of hydrogen-bond acceptors (Lipinski definition) is 3. The van der Waals surface area contributed by atoms with Gasteiger partial charge in [-0.25, -0.2) is 9.97 Å². The first-order valence-corrected chi connectivity index (χ1v) is 4.98. The smallest absolute Gasteiger partial charge is 0.223 e. The lowest BCUT2D eigenvalue weighted by molar-refractivity contribution is 1.15. The SMILES string of the molecule is Nc1cnc(Cl)nc1C#Cc1ccccc1. The van der Waals surface area contributed by atoms with Crippen LogP contribution in [0.1, 0.15) is 11.3 Å². The number of anilines is 1. The standard InChI is InChI=1S/C12H8ClN3/c13-12-15-8-10(14)11(16-12)7-6-9-4-2-1-3-5-9/h1-5,8H,14H2. The molecule has 0 bridgehead atoms. The third kappa shape index (κ3) is 2.50. The molecule has 2 N–H and O–H groups in total. The summed E-state index contributed by atoms with van der Waals surface area (Å²) in [7, 11) is 0. The number of benzene rings is 1. The molecule has 0 aliphatic carbocycles. The van der Waals surface area contributed by atoms with Crippen molar-refractivity contribution in [1.29, 1.82) is 0 Å². The van der Waals surface area contributed by atoms with Crippen LogP contribution < -0.4 is 5.73 Å². The Kier molecular flexibility index (Phi) is 3.04. The molecule has 1 aromatic heterocycles. The van der Waals surface area contributed by atoms with Gasteiger partial charge in [-0.1, -0.05) is 24.1 Å². The molecule has 0 unspecified atom stereocenters. The second-order valence-electron chi connectivity index (χ2n) is 3.06. The van der Waals surface area contributed by atoms with Crippen LogP contribution in [0.3, 0.4) is 0 Å². The van der Waals surface area contributed by atoms with Crippen LogP contribution in [0.25, 0.3) is 0 Å². The van der Waals surface area contributed by atoms with Crippen LogP contribution in [0.15, 0.2) is 36.5 Å². The predicted molar refractivity (Wildman–Crippen MR) is 63.9 cm³/mol. The molecule has 0 aliphatic rings. The van der Waals surface area contributed by atoms with Crippen LogP contribution in [-0.4, -0.2) is 9.97 Å². The highest BCUT2D eigenvalue weighted by atomic mass is 35.5. The van der Waals surface area contributed by atoms with E-state index in [4.69, 9.17) is 17.3 Å². The van der Waals surface area contributed by atoms with E-state index in [0.29, 0.717) is 11.4 Å². The molecule has 0 spiro atoms. The minimum Gasteiger partial charge on any atom is -0.395 e. The second kappa shape index (κ2) is 4.65. The molecule has 16 heavy (non-hydrogen) atoms. The van der Waals surface area contributed by atoms with Gasteiger partial charge in [-0.05, 0) is 29.7 Å². The number of hydrogen-bond donors (Lipinski definition) is 1. The second-order valence-corrected chi connectivity index (χ2v) is 3.40. The molecule has 1 heterocycles. The van der Waals surface area contributed by atoms with Gasteiger partial charge in [0.2, 0.25) is 5.28 Å². The largest absolute Gasteiger partial charge is 0.395 e. The molecular formula is C12H8ClN3. The molecule has 0 saturated carbocycles. The molecule has 2 aromatic rings. The average Bonchev–Trinajstić information content (AvgIpc) is 2.32. The Morgan fingerprint density at radius 2 is 1.88 bits per heavy atom. The average molecular weight is 230 g/mol. The summed E-state index contributed by atoms with van der Waals surface area (Å²) in [5, 5.41) is 0.145. The summed E-state index contributed by atoms with van der Waals surface area (Å²) < 4.78 is 0. The van der Waals surface area contributed by atoms with Crippen molar-refractivity contribution < 1.29 is 0 Å². The van der Waals surface area contributed by atoms with E-state index in [2.05, 4.69) is 21.8 Å². The first kappa shape index (κ1) is 10.5. The van der Waals surface area contributed by atoms with Gasteiger partial charge in [0.1, 0.15) is 5.69 Å². The summed E-state index contributed by atoms with van der Waals surface area (Å²) in [6.45, 7) is 0. The molecule has 0 amide bonds. The van der Waals surface area contributed by atoms with Crippen molar-refractivity contribution in [3.8, 4) is 11.8 Å². The normalized spacial score (nSPS) is 9.31. The van der Waals surface area contributed by atoms with Gasteiger partial charge in [-0.2, -0.15) is 0 Å². The van der Waals surface area contributed by atoms with Crippen LogP contribution in [0.4, 0.5) is 5.69 Å². The Balaban J connectivity index is 2.34. The summed E-state index contributed by atoms with van der Waals surface area (Å²) in [6.07, 6.45) is 1.45. The van der Waals surface area contributed by atoms with Gasteiger partial charge < -0.3 is 5.73 Å². The van der Waals surface area contributed by atoms with E-state index >= 15 is 0 Å². The quantitative estimate of drug-likeness (QED) is 0.556. The summed E-state index contributed by atoms with van der Waals surface area (Å²) in [4.78, 5) is 7.70. The fourth-order valence-electron chi connectivity index (χ4n) is 1.12. The van der Waals surface area contributed by atoms with Gasteiger partial charge >= 0.3 is 0 Å². The van der Waals surface area contributed by atoms with E-state index in [0.717, 1.165) is 5.56 Å². The molecule has 3 nitrogen and oxygen atoms in total. The molecule has 1 aromatic carbocycles. The Morgan fingerprint density at radius 3 is 2.62 bits per heavy atom. The molecule has 78 valence electrons. The van der Waals surface area contributed by atoms with Crippen LogP contribution >= 0.6 is 11.6 Å². The molecule has 0 fully saturated rings. The zero-order valence-electron chi connectivity index (χ0n) is 8.31. The van der Waals surface area contributed by atoms with Crippen molar-refractivity contribution in [3.05, 3.63) is 53.1 Å². The third-order valence-electron chi connectivity index (χ3n) is 1.89. The number of nitrogen functional groups attached to an aromatic ring is 1. The lowest BCUT2D eigenvalue weighted by atomic mass is 10.2. The van der Waals surface area contributed by atoms with Gasteiger partial charge in [0.15, 0.2) is 0 Å². The topological polar surface area (TPSA) is 51.8 Å². The van der Waals surface area contributed by atoms with E-state index in [1.165, 1.54) is 6.20 Å². The molecule has 0 aliphatic heterocycles.